The second-order valence-electron chi connectivity index (χ2n) is 6.41. The van der Waals surface area contributed by atoms with Crippen molar-refractivity contribution in [1.82, 2.24) is 14.9 Å². The molecule has 0 unspecified atom stereocenters. The summed E-state index contributed by atoms with van der Waals surface area (Å²) in [7, 11) is 0. The van der Waals surface area contributed by atoms with Crippen LogP contribution >= 0.6 is 11.8 Å². The zero-order valence-corrected chi connectivity index (χ0v) is 16.7. The number of hydrogen-bond donors (Lipinski definition) is 3. The quantitative estimate of drug-likeness (QED) is 0.545. The summed E-state index contributed by atoms with van der Waals surface area (Å²) in [6.45, 7) is 13.3. The summed E-state index contributed by atoms with van der Waals surface area (Å²) in [6.07, 6.45) is 4.43. The van der Waals surface area contributed by atoms with Gasteiger partial charge in [-0.3, -0.25) is 4.79 Å². The van der Waals surface area contributed by atoms with Gasteiger partial charge in [-0.15, -0.1) is 0 Å². The van der Waals surface area contributed by atoms with Crippen LogP contribution in [-0.2, 0) is 6.54 Å². The number of rotatable bonds is 10. The first kappa shape index (κ1) is 20.8. The molecule has 5 N–H and O–H groups in total. The standard InChI is InChI=1S/C20H27N5OS/c1-5-14-8-9-16(12-15(14)6-2)27-20-24-17(19(22)26)18(21)25(20)11-7-10-23-13(3)4/h5-6,8-9,12-13,23H,1-2,7,10-11,21H2,3-4H3,(H2,22,26). The van der Waals surface area contributed by atoms with E-state index >= 15 is 0 Å². The fraction of sp³-hybridized carbons (Fsp3) is 0.300. The first-order valence-electron chi connectivity index (χ1n) is 8.83. The third-order valence-electron chi connectivity index (χ3n) is 4.02. The van der Waals surface area contributed by atoms with Gasteiger partial charge in [-0.1, -0.05) is 57.0 Å². The lowest BCUT2D eigenvalue weighted by atomic mass is 10.1. The Labute approximate surface area is 164 Å². The van der Waals surface area contributed by atoms with Gasteiger partial charge in [0, 0.05) is 17.5 Å². The Kier molecular flexibility index (Phi) is 7.27. The molecule has 2 rings (SSSR count). The van der Waals surface area contributed by atoms with Gasteiger partial charge >= 0.3 is 0 Å². The SMILES string of the molecule is C=Cc1ccc(Sc2nc(C(N)=O)c(N)n2CCCNC(C)C)cc1C=C. The third kappa shape index (κ3) is 5.24. The lowest BCUT2D eigenvalue weighted by Gasteiger charge is -2.12. The number of aromatic nitrogens is 2. The minimum absolute atomic E-state index is 0.112. The number of carbonyl (C=O) groups is 1. The smallest absolute Gasteiger partial charge is 0.271 e. The molecule has 0 bridgehead atoms. The number of benzene rings is 1. The van der Waals surface area contributed by atoms with E-state index in [4.69, 9.17) is 11.5 Å². The molecule has 1 aromatic heterocycles. The molecule has 0 radical (unpaired) electrons. The molecule has 6 nitrogen and oxygen atoms in total. The molecule has 0 saturated carbocycles. The Morgan fingerprint density at radius 1 is 1.33 bits per heavy atom. The molecule has 7 heteroatoms. The normalized spacial score (nSPS) is 10.9. The maximum Gasteiger partial charge on any atom is 0.271 e. The van der Waals surface area contributed by atoms with Crippen molar-refractivity contribution in [3.8, 4) is 0 Å². The van der Waals surface area contributed by atoms with E-state index in [-0.39, 0.29) is 5.69 Å². The van der Waals surface area contributed by atoms with Gasteiger partial charge in [0.25, 0.3) is 5.91 Å². The van der Waals surface area contributed by atoms with E-state index in [1.165, 1.54) is 11.8 Å². The fourth-order valence-electron chi connectivity index (χ4n) is 2.63. The number of primary amides is 1. The Morgan fingerprint density at radius 3 is 2.63 bits per heavy atom. The molecule has 0 saturated heterocycles. The predicted molar refractivity (Wildman–Crippen MR) is 114 cm³/mol. The fourth-order valence-corrected chi connectivity index (χ4v) is 3.60. The molecular weight excluding hydrogens is 358 g/mol. The van der Waals surface area contributed by atoms with Crippen molar-refractivity contribution in [3.05, 3.63) is 48.2 Å². The average molecular weight is 386 g/mol. The number of nitrogen functional groups attached to an aromatic ring is 1. The van der Waals surface area contributed by atoms with Crippen molar-refractivity contribution < 1.29 is 4.79 Å². The van der Waals surface area contributed by atoms with E-state index in [1.807, 2.05) is 22.8 Å². The number of imidazole rings is 1. The summed E-state index contributed by atoms with van der Waals surface area (Å²) in [5.41, 5.74) is 13.7. The highest BCUT2D eigenvalue weighted by Gasteiger charge is 2.19. The van der Waals surface area contributed by atoms with E-state index in [0.717, 1.165) is 29.0 Å². The topological polar surface area (TPSA) is 99.0 Å². The molecule has 0 fully saturated rings. The van der Waals surface area contributed by atoms with Gasteiger partial charge in [-0.2, -0.15) is 0 Å². The summed E-state index contributed by atoms with van der Waals surface area (Å²) in [5.74, 6) is -0.316. The lowest BCUT2D eigenvalue weighted by Crippen LogP contribution is -2.24. The Morgan fingerprint density at radius 2 is 2.04 bits per heavy atom. The van der Waals surface area contributed by atoms with Crippen molar-refractivity contribution in [2.24, 2.45) is 5.73 Å². The van der Waals surface area contributed by atoms with Gasteiger partial charge in [-0.25, -0.2) is 4.98 Å². The molecule has 1 amide bonds. The molecule has 0 atom stereocenters. The van der Waals surface area contributed by atoms with Gasteiger partial charge in [0.15, 0.2) is 10.9 Å². The number of nitrogens with two attached hydrogens (primary N) is 2. The number of amides is 1. The van der Waals surface area contributed by atoms with Crippen molar-refractivity contribution in [1.29, 1.82) is 0 Å². The molecule has 1 heterocycles. The summed E-state index contributed by atoms with van der Waals surface area (Å²) >= 11 is 1.44. The minimum atomic E-state index is -0.623. The number of carbonyl (C=O) groups excluding carboxylic acids is 1. The van der Waals surface area contributed by atoms with Gasteiger partial charge in [0.2, 0.25) is 0 Å². The number of nitrogens with one attached hydrogen (secondary N) is 1. The molecule has 2 aromatic rings. The molecule has 0 spiro atoms. The van der Waals surface area contributed by atoms with E-state index in [2.05, 4.69) is 37.3 Å². The van der Waals surface area contributed by atoms with E-state index < -0.39 is 5.91 Å². The van der Waals surface area contributed by atoms with Crippen LogP contribution < -0.4 is 16.8 Å². The molecule has 1 aromatic carbocycles. The molecule has 144 valence electrons. The Bertz CT molecular complexity index is 841. The van der Waals surface area contributed by atoms with Gasteiger partial charge in [-0.05, 0) is 36.2 Å². The summed E-state index contributed by atoms with van der Waals surface area (Å²) in [5, 5.41) is 4.01. The van der Waals surface area contributed by atoms with Crippen LogP contribution in [0.3, 0.4) is 0 Å². The minimum Gasteiger partial charge on any atom is -0.383 e. The van der Waals surface area contributed by atoms with Crippen molar-refractivity contribution in [2.75, 3.05) is 12.3 Å². The second kappa shape index (κ2) is 9.43. The number of nitrogens with zero attached hydrogens (tertiary/aromatic N) is 2. The molecule has 0 aliphatic rings. The third-order valence-corrected chi connectivity index (χ3v) is 5.01. The Hall–Kier alpha value is -2.51. The maximum absolute atomic E-state index is 11.7. The highest BCUT2D eigenvalue weighted by atomic mass is 32.2. The zero-order valence-electron chi connectivity index (χ0n) is 15.9. The number of hydrogen-bond acceptors (Lipinski definition) is 5. The van der Waals surface area contributed by atoms with Crippen LogP contribution in [0.15, 0.2) is 41.4 Å². The summed E-state index contributed by atoms with van der Waals surface area (Å²) in [4.78, 5) is 17.0. The van der Waals surface area contributed by atoms with Crippen LogP contribution in [0, 0.1) is 0 Å². The van der Waals surface area contributed by atoms with Gasteiger partial charge in [0.05, 0.1) is 0 Å². The highest BCUT2D eigenvalue weighted by Crippen LogP contribution is 2.32. The van der Waals surface area contributed by atoms with Crippen molar-refractivity contribution in [2.45, 2.75) is 42.9 Å². The van der Waals surface area contributed by atoms with Gasteiger partial charge in [0.1, 0.15) is 5.82 Å². The maximum atomic E-state index is 11.7. The predicted octanol–water partition coefficient (Wildman–Crippen LogP) is 3.39. The van der Waals surface area contributed by atoms with Crippen molar-refractivity contribution in [3.63, 3.8) is 0 Å². The van der Waals surface area contributed by atoms with Crippen molar-refractivity contribution >= 4 is 35.6 Å². The highest BCUT2D eigenvalue weighted by molar-refractivity contribution is 7.99. The molecule has 0 aliphatic heterocycles. The first-order valence-corrected chi connectivity index (χ1v) is 9.65. The van der Waals surface area contributed by atoms with Crippen LogP contribution in [0.2, 0.25) is 0 Å². The summed E-state index contributed by atoms with van der Waals surface area (Å²) < 4.78 is 1.85. The largest absolute Gasteiger partial charge is 0.383 e. The monoisotopic (exact) mass is 385 g/mol. The number of anilines is 1. The average Bonchev–Trinajstić information content (AvgIpc) is 2.94. The molecule has 27 heavy (non-hydrogen) atoms. The zero-order chi connectivity index (χ0) is 20.0. The van der Waals surface area contributed by atoms with E-state index in [9.17, 15) is 4.79 Å². The van der Waals surface area contributed by atoms with Crippen LogP contribution in [-0.4, -0.2) is 28.0 Å². The second-order valence-corrected chi connectivity index (χ2v) is 7.45. The van der Waals surface area contributed by atoms with Crippen LogP contribution in [0.25, 0.3) is 12.2 Å². The van der Waals surface area contributed by atoms with E-state index in [1.54, 1.807) is 12.2 Å². The first-order chi connectivity index (χ1) is 12.9. The van der Waals surface area contributed by atoms with Crippen LogP contribution in [0.1, 0.15) is 41.9 Å². The molecule has 0 aliphatic carbocycles. The van der Waals surface area contributed by atoms with E-state index in [0.29, 0.717) is 23.6 Å². The van der Waals surface area contributed by atoms with Crippen LogP contribution in [0.4, 0.5) is 5.82 Å². The summed E-state index contributed by atoms with van der Waals surface area (Å²) in [6, 6.07) is 6.38. The van der Waals surface area contributed by atoms with Gasteiger partial charge < -0.3 is 21.4 Å². The van der Waals surface area contributed by atoms with Crippen LogP contribution in [0.5, 0.6) is 0 Å². The lowest BCUT2D eigenvalue weighted by molar-refractivity contribution is 0.0996. The molecular formula is C20H27N5OS. The Balaban J connectivity index is 2.29.